The van der Waals surface area contributed by atoms with E-state index in [0.717, 1.165) is 59.8 Å². The minimum absolute atomic E-state index is 0.00784. The quantitative estimate of drug-likeness (QED) is 0.610. The van der Waals surface area contributed by atoms with Crippen molar-refractivity contribution in [3.63, 3.8) is 0 Å². The second kappa shape index (κ2) is 8.19. The van der Waals surface area contributed by atoms with Crippen molar-refractivity contribution in [1.82, 2.24) is 5.48 Å². The van der Waals surface area contributed by atoms with Gasteiger partial charge in [-0.25, -0.2) is 9.87 Å². The number of nitrogens with zero attached hydrogens (tertiary/aromatic N) is 1. The van der Waals surface area contributed by atoms with Crippen LogP contribution in [-0.2, 0) is 9.53 Å². The van der Waals surface area contributed by atoms with Crippen LogP contribution in [0.4, 0.5) is 10.1 Å². The molecule has 2 aliphatic rings. The summed E-state index contributed by atoms with van der Waals surface area (Å²) >= 11 is 0. The summed E-state index contributed by atoms with van der Waals surface area (Å²) in [5, 5.41) is 8.90. The lowest BCUT2D eigenvalue weighted by molar-refractivity contribution is -0.128. The Morgan fingerprint density at radius 1 is 1.17 bits per heavy atom. The van der Waals surface area contributed by atoms with Gasteiger partial charge in [-0.15, -0.1) is 0 Å². The van der Waals surface area contributed by atoms with Crippen LogP contribution < -0.4 is 10.4 Å². The first-order valence-corrected chi connectivity index (χ1v) is 9.64. The first kappa shape index (κ1) is 19.4. The highest BCUT2D eigenvalue weighted by Crippen LogP contribution is 2.43. The molecule has 5 nitrogen and oxygen atoms in total. The molecule has 1 heterocycles. The first-order valence-electron chi connectivity index (χ1n) is 9.64. The van der Waals surface area contributed by atoms with E-state index >= 15 is 0 Å². The summed E-state index contributed by atoms with van der Waals surface area (Å²) < 4.78 is 19.3. The van der Waals surface area contributed by atoms with E-state index in [0.29, 0.717) is 5.56 Å². The molecule has 1 saturated heterocycles. The second-order valence-corrected chi connectivity index (χ2v) is 7.25. The van der Waals surface area contributed by atoms with E-state index in [1.807, 2.05) is 6.92 Å². The van der Waals surface area contributed by atoms with Crippen LogP contribution in [0.2, 0.25) is 0 Å². The average molecular weight is 394 g/mol. The van der Waals surface area contributed by atoms with Crippen molar-refractivity contribution in [3.8, 4) is 0 Å². The van der Waals surface area contributed by atoms with E-state index in [-0.39, 0.29) is 12.2 Å². The first-order chi connectivity index (χ1) is 14.1. The number of nitrogens with one attached hydrogen (secondary N) is 1. The highest BCUT2D eigenvalue weighted by atomic mass is 19.1. The van der Waals surface area contributed by atoms with Crippen LogP contribution in [0.3, 0.4) is 0 Å². The minimum Gasteiger partial charge on any atom is -0.378 e. The zero-order chi connectivity index (χ0) is 20.4. The molecule has 4 rings (SSSR count). The maximum absolute atomic E-state index is 13.9. The molecule has 1 aliphatic carbocycles. The van der Waals surface area contributed by atoms with Crippen molar-refractivity contribution in [3.05, 3.63) is 70.5 Å². The van der Waals surface area contributed by atoms with Gasteiger partial charge in [0.1, 0.15) is 5.82 Å². The summed E-state index contributed by atoms with van der Waals surface area (Å²) in [5.41, 5.74) is 8.03. The number of morpholine rings is 1. The molecule has 6 heteroatoms. The van der Waals surface area contributed by atoms with Gasteiger partial charge >= 0.3 is 0 Å². The third kappa shape index (κ3) is 3.95. The summed E-state index contributed by atoms with van der Waals surface area (Å²) in [6.07, 6.45) is 2.05. The largest absolute Gasteiger partial charge is 0.378 e. The van der Waals surface area contributed by atoms with Crippen LogP contribution in [0.1, 0.15) is 30.0 Å². The van der Waals surface area contributed by atoms with E-state index in [2.05, 4.69) is 35.2 Å². The molecule has 0 aromatic heterocycles. The molecular weight excluding hydrogens is 371 g/mol. The molecule has 29 heavy (non-hydrogen) atoms. The molecule has 1 fully saturated rings. The Morgan fingerprint density at radius 2 is 1.90 bits per heavy atom. The van der Waals surface area contributed by atoms with Gasteiger partial charge in [0.15, 0.2) is 0 Å². The highest BCUT2D eigenvalue weighted by molar-refractivity contribution is 6.08. The fourth-order valence-corrected chi connectivity index (χ4v) is 3.95. The van der Waals surface area contributed by atoms with Gasteiger partial charge in [0, 0.05) is 18.8 Å². The molecule has 1 aliphatic heterocycles. The van der Waals surface area contributed by atoms with E-state index in [1.165, 1.54) is 12.1 Å². The number of halogens is 1. The number of ether oxygens (including phenoxy) is 1. The predicted molar refractivity (Wildman–Crippen MR) is 111 cm³/mol. The van der Waals surface area contributed by atoms with Crippen molar-refractivity contribution in [2.75, 3.05) is 31.2 Å². The number of anilines is 1. The average Bonchev–Trinajstić information content (AvgIpc) is 3.00. The SMILES string of the molecule is CC1=C(CC(=O)NO)c2cc(F)ccc2/C1=C\c1ccc(N2CCOCC2)cc1. The van der Waals surface area contributed by atoms with Gasteiger partial charge in [-0.1, -0.05) is 18.2 Å². The molecular formula is C23H23FN2O3. The Morgan fingerprint density at radius 3 is 2.59 bits per heavy atom. The third-order valence-electron chi connectivity index (χ3n) is 5.50. The van der Waals surface area contributed by atoms with E-state index in [1.54, 1.807) is 11.5 Å². The number of allylic oxidation sites excluding steroid dienone is 2. The number of amides is 1. The van der Waals surface area contributed by atoms with Crippen LogP contribution >= 0.6 is 0 Å². The van der Waals surface area contributed by atoms with Gasteiger partial charge in [-0.3, -0.25) is 10.0 Å². The summed E-state index contributed by atoms with van der Waals surface area (Å²) in [4.78, 5) is 14.0. The molecule has 0 unspecified atom stereocenters. The Bertz CT molecular complexity index is 990. The highest BCUT2D eigenvalue weighted by Gasteiger charge is 2.25. The Kier molecular flexibility index (Phi) is 5.47. The molecule has 0 bridgehead atoms. The van der Waals surface area contributed by atoms with Crippen LogP contribution in [0.15, 0.2) is 48.0 Å². The number of carbonyl (C=O) groups excluding carboxylic acids is 1. The molecule has 150 valence electrons. The molecule has 0 atom stereocenters. The molecule has 2 N–H and O–H groups in total. The number of carbonyl (C=O) groups is 1. The number of hydroxylamine groups is 1. The van der Waals surface area contributed by atoms with E-state index < -0.39 is 5.91 Å². The molecule has 0 saturated carbocycles. The topological polar surface area (TPSA) is 61.8 Å². The predicted octanol–water partition coefficient (Wildman–Crippen LogP) is 3.89. The fraction of sp³-hybridized carbons (Fsp3) is 0.261. The molecule has 1 amide bonds. The van der Waals surface area contributed by atoms with Gasteiger partial charge in [0.05, 0.1) is 19.6 Å². The van der Waals surface area contributed by atoms with Gasteiger partial charge in [0.25, 0.3) is 0 Å². The Balaban J connectivity index is 1.68. The van der Waals surface area contributed by atoms with Crippen LogP contribution in [0, 0.1) is 5.82 Å². The monoisotopic (exact) mass is 394 g/mol. The normalized spacial score (nSPS) is 17.6. The molecule has 0 spiro atoms. The number of hydrogen-bond donors (Lipinski definition) is 2. The van der Waals surface area contributed by atoms with Crippen LogP contribution in [-0.4, -0.2) is 37.4 Å². The number of hydrogen-bond acceptors (Lipinski definition) is 4. The van der Waals surface area contributed by atoms with Gasteiger partial charge in [-0.2, -0.15) is 0 Å². The maximum Gasteiger partial charge on any atom is 0.247 e. The van der Waals surface area contributed by atoms with Crippen molar-refractivity contribution in [2.24, 2.45) is 0 Å². The minimum atomic E-state index is -0.523. The standard InChI is InChI=1S/C23H23FN2O3/c1-15-20(12-16-2-5-18(6-3-16)26-8-10-29-11-9-26)19-7-4-17(24)13-22(19)21(15)14-23(27)25-28/h2-7,12-13,28H,8-11,14H2,1H3,(H,25,27)/b20-12-. The lowest BCUT2D eigenvalue weighted by Gasteiger charge is -2.28. The summed E-state index contributed by atoms with van der Waals surface area (Å²) in [5.74, 6) is -0.875. The zero-order valence-electron chi connectivity index (χ0n) is 16.2. The number of rotatable bonds is 4. The van der Waals surface area contributed by atoms with Crippen molar-refractivity contribution >= 4 is 28.8 Å². The second-order valence-electron chi connectivity index (χ2n) is 7.25. The van der Waals surface area contributed by atoms with Gasteiger partial charge in [0.2, 0.25) is 5.91 Å². The van der Waals surface area contributed by atoms with Crippen molar-refractivity contribution < 1.29 is 19.1 Å². The summed E-state index contributed by atoms with van der Waals surface area (Å²) in [6, 6.07) is 12.9. The van der Waals surface area contributed by atoms with Gasteiger partial charge < -0.3 is 9.64 Å². The Labute approximate surface area is 169 Å². The zero-order valence-corrected chi connectivity index (χ0v) is 16.2. The maximum atomic E-state index is 13.9. The van der Waals surface area contributed by atoms with Crippen LogP contribution in [0.5, 0.6) is 0 Å². The molecule has 0 radical (unpaired) electrons. The lowest BCUT2D eigenvalue weighted by Crippen LogP contribution is -2.36. The summed E-state index contributed by atoms with van der Waals surface area (Å²) in [7, 11) is 0. The lowest BCUT2D eigenvalue weighted by atomic mass is 10.0. The summed E-state index contributed by atoms with van der Waals surface area (Å²) in [6.45, 7) is 5.18. The van der Waals surface area contributed by atoms with Gasteiger partial charge in [-0.05, 0) is 70.7 Å². The fourth-order valence-electron chi connectivity index (χ4n) is 3.95. The smallest absolute Gasteiger partial charge is 0.247 e. The number of fused-ring (bicyclic) bond motifs is 1. The van der Waals surface area contributed by atoms with Crippen LogP contribution in [0.25, 0.3) is 17.2 Å². The van der Waals surface area contributed by atoms with Crippen molar-refractivity contribution in [2.45, 2.75) is 13.3 Å². The number of benzene rings is 2. The molecule has 2 aromatic rings. The van der Waals surface area contributed by atoms with Crippen molar-refractivity contribution in [1.29, 1.82) is 0 Å². The van der Waals surface area contributed by atoms with E-state index in [9.17, 15) is 9.18 Å². The molecule has 2 aromatic carbocycles. The van der Waals surface area contributed by atoms with E-state index in [4.69, 9.17) is 9.94 Å². The Hall–Kier alpha value is -2.96. The third-order valence-corrected chi connectivity index (χ3v) is 5.50.